The zero-order valence-corrected chi connectivity index (χ0v) is 15.7. The lowest BCUT2D eigenvalue weighted by atomic mass is 10.0. The molecule has 0 spiro atoms. The van der Waals surface area contributed by atoms with Gasteiger partial charge in [0.2, 0.25) is 0 Å². The van der Waals surface area contributed by atoms with Crippen molar-refractivity contribution in [2.75, 3.05) is 5.73 Å². The van der Waals surface area contributed by atoms with Crippen LogP contribution in [-0.2, 0) is 0 Å². The van der Waals surface area contributed by atoms with Crippen LogP contribution in [0.1, 0.15) is 20.7 Å². The third kappa shape index (κ3) is 3.94. The van der Waals surface area contributed by atoms with Crippen LogP contribution in [0.15, 0.2) is 66.7 Å². The van der Waals surface area contributed by atoms with Crippen LogP contribution in [0.5, 0.6) is 11.5 Å². The summed E-state index contributed by atoms with van der Waals surface area (Å²) in [5, 5.41) is 31.0. The van der Waals surface area contributed by atoms with Crippen molar-refractivity contribution in [3.05, 3.63) is 77.9 Å². The smallest absolute Gasteiger partial charge is 0.339 e. The fraction of sp³-hybridized carbons (Fsp3) is 0. The van der Waals surface area contributed by atoms with Gasteiger partial charge >= 0.3 is 5.97 Å². The summed E-state index contributed by atoms with van der Waals surface area (Å²) in [4.78, 5) is 22.1. The number of aromatic carboxylic acids is 1. The van der Waals surface area contributed by atoms with Gasteiger partial charge in [-0.25, -0.2) is 10.6 Å². The van der Waals surface area contributed by atoms with Crippen molar-refractivity contribution in [1.29, 1.82) is 0 Å². The summed E-state index contributed by atoms with van der Waals surface area (Å²) in [5.41, 5.74) is 7.88. The molecule has 0 saturated carbocycles. The number of hydrogen-bond donors (Lipinski definition) is 6. The molecule has 0 unspecified atom stereocenters. The second kappa shape index (κ2) is 8.38. The molecule has 0 fully saturated rings. The first-order chi connectivity index (χ1) is 14.3. The number of rotatable bonds is 2. The van der Waals surface area contributed by atoms with Gasteiger partial charge in [0.25, 0.3) is 5.91 Å². The van der Waals surface area contributed by atoms with Gasteiger partial charge in [-0.3, -0.25) is 10.2 Å². The third-order valence-corrected chi connectivity index (χ3v) is 4.53. The topological polar surface area (TPSA) is 159 Å². The summed E-state index contributed by atoms with van der Waals surface area (Å²) < 4.78 is 0. The molecule has 4 rings (SSSR count). The number of carboxylic acid groups (broad SMARTS) is 1. The summed E-state index contributed by atoms with van der Waals surface area (Å²) in [6, 6.07) is 19.0. The number of nitrogens with two attached hydrogens (primary N) is 2. The first kappa shape index (κ1) is 20.4. The summed E-state index contributed by atoms with van der Waals surface area (Å²) in [7, 11) is 0. The molecule has 0 bridgehead atoms. The van der Waals surface area contributed by atoms with E-state index in [1.807, 2.05) is 29.7 Å². The molecule has 0 radical (unpaired) electrons. The average molecular weight is 405 g/mol. The number of benzene rings is 4. The van der Waals surface area contributed by atoms with Crippen molar-refractivity contribution in [1.82, 2.24) is 5.43 Å². The molecule has 0 saturated heterocycles. The van der Waals surface area contributed by atoms with Crippen molar-refractivity contribution in [3.8, 4) is 11.5 Å². The first-order valence-electron chi connectivity index (χ1n) is 8.79. The summed E-state index contributed by atoms with van der Waals surface area (Å²) >= 11 is 0. The molecular weight excluding hydrogens is 386 g/mol. The van der Waals surface area contributed by atoms with E-state index in [9.17, 15) is 19.8 Å². The van der Waals surface area contributed by atoms with Crippen LogP contribution in [0.2, 0.25) is 0 Å². The largest absolute Gasteiger partial charge is 0.507 e. The number of carbonyl (C=O) groups excluding carboxylic acids is 1. The van der Waals surface area contributed by atoms with Crippen LogP contribution in [-0.4, -0.2) is 27.2 Å². The van der Waals surface area contributed by atoms with E-state index in [-0.39, 0.29) is 28.3 Å². The second-order valence-electron chi connectivity index (χ2n) is 6.40. The number of phenols is 2. The quantitative estimate of drug-likeness (QED) is 0.0983. The first-order valence-corrected chi connectivity index (χ1v) is 8.79. The van der Waals surface area contributed by atoms with Crippen molar-refractivity contribution in [3.63, 3.8) is 0 Å². The summed E-state index contributed by atoms with van der Waals surface area (Å²) in [6.45, 7) is 0. The third-order valence-electron chi connectivity index (χ3n) is 4.53. The molecule has 8 N–H and O–H groups in total. The van der Waals surface area contributed by atoms with E-state index < -0.39 is 11.9 Å². The van der Waals surface area contributed by atoms with Crippen molar-refractivity contribution < 1.29 is 24.9 Å². The van der Waals surface area contributed by atoms with E-state index in [0.29, 0.717) is 5.39 Å². The van der Waals surface area contributed by atoms with E-state index in [1.54, 1.807) is 30.3 Å². The number of phenolic OH excluding ortho intramolecular Hbond substituents is 1. The SMILES string of the molecule is NNC(=O)c1cc2ccccc2c(N)c1O.O=C(O)c1cc2ccccc2cc1O. The fourth-order valence-corrected chi connectivity index (χ4v) is 3.02. The zero-order chi connectivity index (χ0) is 21.8. The van der Waals surface area contributed by atoms with Gasteiger partial charge in [0.1, 0.15) is 11.3 Å². The number of fused-ring (bicyclic) bond motifs is 2. The molecule has 4 aromatic rings. The summed E-state index contributed by atoms with van der Waals surface area (Å²) in [5.74, 6) is 2.88. The standard InChI is InChI=1S/C11H11N3O2.C11H8O3/c12-9-7-4-2-1-3-6(7)5-8(10(9)15)11(16)14-13;12-10-6-8-4-2-1-3-7(8)5-9(10)11(13)14/h1-5,15H,12-13H2,(H,14,16);1-6,12H,(H,13,14). The molecule has 0 aromatic heterocycles. The molecule has 1 amide bonds. The van der Waals surface area contributed by atoms with Crippen LogP contribution in [0.3, 0.4) is 0 Å². The number of hydrogen-bond acceptors (Lipinski definition) is 6. The minimum absolute atomic E-state index is 0.0660. The molecule has 8 nitrogen and oxygen atoms in total. The Morgan fingerprint density at radius 2 is 1.33 bits per heavy atom. The molecule has 0 aliphatic carbocycles. The molecule has 30 heavy (non-hydrogen) atoms. The van der Waals surface area contributed by atoms with E-state index >= 15 is 0 Å². The number of hydrazine groups is 1. The van der Waals surface area contributed by atoms with Crippen molar-refractivity contribution in [2.24, 2.45) is 5.84 Å². The van der Waals surface area contributed by atoms with Crippen LogP contribution < -0.4 is 17.0 Å². The number of nitrogens with one attached hydrogen (secondary N) is 1. The van der Waals surface area contributed by atoms with Gasteiger partial charge in [-0.05, 0) is 34.4 Å². The van der Waals surface area contributed by atoms with Crippen LogP contribution >= 0.6 is 0 Å². The molecule has 0 heterocycles. The predicted octanol–water partition coefficient (Wildman–Crippen LogP) is 2.97. The van der Waals surface area contributed by atoms with Crippen molar-refractivity contribution >= 4 is 39.1 Å². The lowest BCUT2D eigenvalue weighted by Gasteiger charge is -2.09. The van der Waals surface area contributed by atoms with E-state index in [1.165, 1.54) is 12.1 Å². The lowest BCUT2D eigenvalue weighted by Crippen LogP contribution is -2.30. The number of nitrogen functional groups attached to an aromatic ring is 2. The van der Waals surface area contributed by atoms with Gasteiger partial charge in [0, 0.05) is 5.39 Å². The number of carbonyl (C=O) groups is 2. The second-order valence-corrected chi connectivity index (χ2v) is 6.40. The van der Waals surface area contributed by atoms with E-state index in [0.717, 1.165) is 16.2 Å². The molecular formula is C22H19N3O5. The van der Waals surface area contributed by atoms with E-state index in [4.69, 9.17) is 16.7 Å². The molecule has 0 atom stereocenters. The molecule has 0 aliphatic heterocycles. The van der Waals surface area contributed by atoms with E-state index in [2.05, 4.69) is 0 Å². The number of aromatic hydroxyl groups is 2. The van der Waals surface area contributed by atoms with Crippen LogP contribution in [0.4, 0.5) is 5.69 Å². The predicted molar refractivity (Wildman–Crippen MR) is 114 cm³/mol. The molecule has 0 aliphatic rings. The Bertz CT molecular complexity index is 1270. The molecule has 8 heteroatoms. The Hall–Kier alpha value is -4.30. The normalized spacial score (nSPS) is 10.3. The number of amides is 1. The van der Waals surface area contributed by atoms with Crippen LogP contribution in [0, 0.1) is 0 Å². The van der Waals surface area contributed by atoms with Gasteiger partial charge in [0.05, 0.1) is 11.3 Å². The Morgan fingerprint density at radius 1 is 0.800 bits per heavy atom. The minimum Gasteiger partial charge on any atom is -0.507 e. The van der Waals surface area contributed by atoms with Crippen molar-refractivity contribution in [2.45, 2.75) is 0 Å². The fourth-order valence-electron chi connectivity index (χ4n) is 3.02. The van der Waals surface area contributed by atoms with Crippen LogP contribution in [0.25, 0.3) is 21.5 Å². The maximum atomic E-state index is 11.4. The maximum Gasteiger partial charge on any atom is 0.339 e. The maximum absolute atomic E-state index is 11.4. The highest BCUT2D eigenvalue weighted by Crippen LogP contribution is 2.33. The van der Waals surface area contributed by atoms with Gasteiger partial charge in [-0.2, -0.15) is 0 Å². The summed E-state index contributed by atoms with van der Waals surface area (Å²) in [6.07, 6.45) is 0. The highest BCUT2D eigenvalue weighted by molar-refractivity contribution is 6.06. The Kier molecular flexibility index (Phi) is 5.70. The Morgan fingerprint density at radius 3 is 1.93 bits per heavy atom. The monoisotopic (exact) mass is 405 g/mol. The average Bonchev–Trinajstić information content (AvgIpc) is 2.75. The van der Waals surface area contributed by atoms with Gasteiger partial charge < -0.3 is 21.1 Å². The highest BCUT2D eigenvalue weighted by Gasteiger charge is 2.15. The van der Waals surface area contributed by atoms with Gasteiger partial charge in [-0.1, -0.05) is 48.5 Å². The Labute approximate surface area is 170 Å². The number of carboxylic acids is 1. The van der Waals surface area contributed by atoms with Gasteiger partial charge in [0.15, 0.2) is 5.75 Å². The minimum atomic E-state index is -1.12. The molecule has 152 valence electrons. The number of anilines is 1. The molecule has 4 aromatic carbocycles. The van der Waals surface area contributed by atoms with Gasteiger partial charge in [-0.15, -0.1) is 0 Å². The zero-order valence-electron chi connectivity index (χ0n) is 15.7. The Balaban J connectivity index is 0.000000172. The highest BCUT2D eigenvalue weighted by atomic mass is 16.4. The lowest BCUT2D eigenvalue weighted by molar-refractivity contribution is 0.0693.